The van der Waals surface area contributed by atoms with Gasteiger partial charge in [-0.2, -0.15) is 0 Å². The fraction of sp³-hybridized carbons (Fsp3) is 0.846. The van der Waals surface area contributed by atoms with E-state index in [9.17, 15) is 9.59 Å². The molecule has 0 aliphatic carbocycles. The predicted molar refractivity (Wildman–Crippen MR) is 69.3 cm³/mol. The van der Waals surface area contributed by atoms with Crippen LogP contribution in [0.1, 0.15) is 33.6 Å². The topological polar surface area (TPSA) is 60.9 Å². The molecule has 1 saturated heterocycles. The highest BCUT2D eigenvalue weighted by Gasteiger charge is 2.34. The highest BCUT2D eigenvalue weighted by atomic mass is 16.4. The van der Waals surface area contributed by atoms with Gasteiger partial charge in [0.2, 0.25) is 5.91 Å². The highest BCUT2D eigenvalue weighted by Crippen LogP contribution is 2.19. The molecular formula is C13H24N2O3. The van der Waals surface area contributed by atoms with E-state index in [1.54, 1.807) is 4.90 Å². The Balaban J connectivity index is 2.65. The zero-order valence-corrected chi connectivity index (χ0v) is 11.6. The van der Waals surface area contributed by atoms with Crippen molar-refractivity contribution in [2.75, 3.05) is 26.2 Å². The van der Waals surface area contributed by atoms with Crippen molar-refractivity contribution >= 4 is 11.9 Å². The molecule has 0 bridgehead atoms. The quantitative estimate of drug-likeness (QED) is 0.771. The molecule has 1 N–H and O–H groups in total. The molecular weight excluding hydrogens is 232 g/mol. The van der Waals surface area contributed by atoms with Crippen LogP contribution in [0.5, 0.6) is 0 Å². The normalized spacial score (nSPS) is 21.3. The Hall–Kier alpha value is -1.10. The molecule has 1 amide bonds. The van der Waals surface area contributed by atoms with Gasteiger partial charge < -0.3 is 10.0 Å². The summed E-state index contributed by atoms with van der Waals surface area (Å²) in [6, 6.07) is -0.104. The molecule has 2 atom stereocenters. The lowest BCUT2D eigenvalue weighted by Gasteiger charge is -2.31. The minimum atomic E-state index is -0.791. The SMILES string of the molecule is CCC(C(=O)N1CCC(C(=O)O)C1)N(CC)CC. The van der Waals surface area contributed by atoms with E-state index in [4.69, 9.17) is 5.11 Å². The second-order valence-electron chi connectivity index (χ2n) is 4.75. The third kappa shape index (κ3) is 3.22. The van der Waals surface area contributed by atoms with Gasteiger partial charge in [0, 0.05) is 13.1 Å². The summed E-state index contributed by atoms with van der Waals surface area (Å²) < 4.78 is 0. The van der Waals surface area contributed by atoms with E-state index in [1.807, 2.05) is 20.8 Å². The number of carboxylic acid groups (broad SMARTS) is 1. The van der Waals surface area contributed by atoms with Gasteiger partial charge in [0.15, 0.2) is 0 Å². The van der Waals surface area contributed by atoms with Gasteiger partial charge in [-0.15, -0.1) is 0 Å². The van der Waals surface area contributed by atoms with Gasteiger partial charge in [0.05, 0.1) is 12.0 Å². The molecule has 0 aromatic rings. The molecule has 1 rings (SSSR count). The number of nitrogens with zero attached hydrogens (tertiary/aromatic N) is 2. The smallest absolute Gasteiger partial charge is 0.308 e. The first kappa shape index (κ1) is 15.0. The van der Waals surface area contributed by atoms with Crippen LogP contribution in [0.4, 0.5) is 0 Å². The molecule has 0 aromatic carbocycles. The fourth-order valence-corrected chi connectivity index (χ4v) is 2.63. The van der Waals surface area contributed by atoms with Crippen molar-refractivity contribution in [1.29, 1.82) is 0 Å². The summed E-state index contributed by atoms with van der Waals surface area (Å²) in [6.45, 7) is 8.73. The maximum atomic E-state index is 12.4. The zero-order chi connectivity index (χ0) is 13.7. The van der Waals surface area contributed by atoms with E-state index >= 15 is 0 Å². The summed E-state index contributed by atoms with van der Waals surface area (Å²) in [6.07, 6.45) is 1.35. The highest BCUT2D eigenvalue weighted by molar-refractivity contribution is 5.83. The molecule has 1 heterocycles. The Bertz CT molecular complexity index is 303. The van der Waals surface area contributed by atoms with Gasteiger partial charge in [0.1, 0.15) is 0 Å². The number of carbonyl (C=O) groups excluding carboxylic acids is 1. The van der Waals surface area contributed by atoms with Crippen LogP contribution in [-0.4, -0.2) is 59.0 Å². The van der Waals surface area contributed by atoms with Crippen molar-refractivity contribution in [3.63, 3.8) is 0 Å². The number of carbonyl (C=O) groups is 2. The van der Waals surface area contributed by atoms with Crippen molar-refractivity contribution in [2.45, 2.75) is 39.7 Å². The maximum absolute atomic E-state index is 12.4. The van der Waals surface area contributed by atoms with E-state index in [-0.39, 0.29) is 17.9 Å². The van der Waals surface area contributed by atoms with E-state index in [0.717, 1.165) is 19.5 Å². The maximum Gasteiger partial charge on any atom is 0.308 e. The summed E-state index contributed by atoms with van der Waals surface area (Å²) in [7, 11) is 0. The van der Waals surface area contributed by atoms with Crippen molar-refractivity contribution in [2.24, 2.45) is 5.92 Å². The van der Waals surface area contributed by atoms with Crippen LogP contribution in [0.2, 0.25) is 0 Å². The van der Waals surface area contributed by atoms with E-state index in [1.165, 1.54) is 0 Å². The minimum Gasteiger partial charge on any atom is -0.481 e. The van der Waals surface area contributed by atoms with Gasteiger partial charge in [0.25, 0.3) is 0 Å². The first-order valence-corrected chi connectivity index (χ1v) is 6.80. The van der Waals surface area contributed by atoms with E-state index in [2.05, 4.69) is 4.90 Å². The molecule has 1 aliphatic heterocycles. The van der Waals surface area contributed by atoms with Crippen LogP contribution < -0.4 is 0 Å². The first-order chi connectivity index (χ1) is 8.54. The molecule has 5 nitrogen and oxygen atoms in total. The summed E-state index contributed by atoms with van der Waals surface area (Å²) in [5.41, 5.74) is 0. The number of carboxylic acids is 1. The van der Waals surface area contributed by atoms with Crippen LogP contribution in [-0.2, 0) is 9.59 Å². The second kappa shape index (κ2) is 6.73. The number of likely N-dealkylation sites (N-methyl/N-ethyl adjacent to an activating group) is 1. The van der Waals surface area contributed by atoms with Crippen LogP contribution in [0, 0.1) is 5.92 Å². The van der Waals surface area contributed by atoms with Gasteiger partial charge >= 0.3 is 5.97 Å². The summed E-state index contributed by atoms with van der Waals surface area (Å²) >= 11 is 0. The molecule has 5 heteroatoms. The number of amides is 1. The van der Waals surface area contributed by atoms with E-state index < -0.39 is 5.97 Å². The Labute approximate surface area is 109 Å². The van der Waals surface area contributed by atoms with Gasteiger partial charge in [-0.3, -0.25) is 14.5 Å². The van der Waals surface area contributed by atoms with Crippen LogP contribution in [0.15, 0.2) is 0 Å². The van der Waals surface area contributed by atoms with E-state index in [0.29, 0.717) is 19.5 Å². The lowest BCUT2D eigenvalue weighted by atomic mass is 10.1. The summed E-state index contributed by atoms with van der Waals surface area (Å²) in [5.74, 6) is -1.09. The molecule has 0 aromatic heterocycles. The lowest BCUT2D eigenvalue weighted by molar-refractivity contribution is -0.141. The summed E-state index contributed by atoms with van der Waals surface area (Å²) in [5, 5.41) is 8.96. The fourth-order valence-electron chi connectivity index (χ4n) is 2.63. The molecule has 0 spiro atoms. The third-order valence-corrected chi connectivity index (χ3v) is 3.77. The standard InChI is InChI=1S/C13H24N2O3/c1-4-11(14(5-2)6-3)12(16)15-8-7-10(9-15)13(17)18/h10-11H,4-9H2,1-3H3,(H,17,18). The van der Waals surface area contributed by atoms with Crippen LogP contribution in [0.3, 0.4) is 0 Å². The number of rotatable bonds is 6. The Morgan fingerprint density at radius 3 is 2.33 bits per heavy atom. The Kier molecular flexibility index (Phi) is 5.59. The Morgan fingerprint density at radius 2 is 1.94 bits per heavy atom. The zero-order valence-electron chi connectivity index (χ0n) is 11.6. The average molecular weight is 256 g/mol. The monoisotopic (exact) mass is 256 g/mol. The van der Waals surface area contributed by atoms with Crippen LogP contribution >= 0.6 is 0 Å². The largest absolute Gasteiger partial charge is 0.481 e. The first-order valence-electron chi connectivity index (χ1n) is 6.80. The minimum absolute atomic E-state index is 0.0879. The molecule has 104 valence electrons. The number of hydrogen-bond donors (Lipinski definition) is 1. The van der Waals surface area contributed by atoms with Crippen LogP contribution in [0.25, 0.3) is 0 Å². The predicted octanol–water partition coefficient (Wildman–Crippen LogP) is 1.04. The molecule has 2 unspecified atom stereocenters. The molecule has 1 fully saturated rings. The molecule has 0 saturated carbocycles. The number of aliphatic carboxylic acids is 1. The van der Waals surface area contributed by atoms with Gasteiger partial charge in [-0.1, -0.05) is 20.8 Å². The van der Waals surface area contributed by atoms with Gasteiger partial charge in [-0.25, -0.2) is 0 Å². The molecule has 18 heavy (non-hydrogen) atoms. The van der Waals surface area contributed by atoms with Crippen molar-refractivity contribution < 1.29 is 14.7 Å². The Morgan fingerprint density at radius 1 is 1.33 bits per heavy atom. The van der Waals surface area contributed by atoms with Crippen molar-refractivity contribution in [3.8, 4) is 0 Å². The molecule has 1 aliphatic rings. The van der Waals surface area contributed by atoms with Crippen molar-refractivity contribution in [3.05, 3.63) is 0 Å². The molecule has 0 radical (unpaired) electrons. The number of hydrogen-bond acceptors (Lipinski definition) is 3. The number of likely N-dealkylation sites (tertiary alicyclic amines) is 1. The summed E-state index contributed by atoms with van der Waals surface area (Å²) in [4.78, 5) is 27.2. The average Bonchev–Trinajstić information content (AvgIpc) is 2.84. The lowest BCUT2D eigenvalue weighted by Crippen LogP contribution is -2.47. The van der Waals surface area contributed by atoms with Crippen molar-refractivity contribution in [1.82, 2.24) is 9.80 Å². The van der Waals surface area contributed by atoms with Gasteiger partial charge in [-0.05, 0) is 25.9 Å². The third-order valence-electron chi connectivity index (χ3n) is 3.77. The second-order valence-corrected chi connectivity index (χ2v) is 4.75.